The Bertz CT molecular complexity index is 62.7. The zero-order valence-electron chi connectivity index (χ0n) is 4.41. The second-order valence-corrected chi connectivity index (χ2v) is 3.99. The van der Waals surface area contributed by atoms with E-state index in [1.54, 1.807) is 0 Å². The molecular formula is C3H4Cl4O2. The Morgan fingerprint density at radius 1 is 1.44 bits per heavy atom. The van der Waals surface area contributed by atoms with Crippen LogP contribution in [-0.4, -0.2) is 10.3 Å². The van der Waals surface area contributed by atoms with Gasteiger partial charge in [0.15, 0.2) is 3.79 Å². The molecule has 0 amide bonds. The third-order valence-electron chi connectivity index (χ3n) is 0.0364. The van der Waals surface area contributed by atoms with Gasteiger partial charge in [0, 0.05) is 0 Å². The summed E-state index contributed by atoms with van der Waals surface area (Å²) in [5, 5.41) is 0. The van der Waals surface area contributed by atoms with Gasteiger partial charge in [-0.3, -0.25) is 4.79 Å². The van der Waals surface area contributed by atoms with Gasteiger partial charge in [0.2, 0.25) is 0 Å². The van der Waals surface area contributed by atoms with Crippen molar-refractivity contribution in [3.63, 3.8) is 0 Å². The van der Waals surface area contributed by atoms with Gasteiger partial charge in [0.05, 0.1) is 0 Å². The average Bonchev–Trinajstić information content (AvgIpc) is 1.61. The van der Waals surface area contributed by atoms with Crippen molar-refractivity contribution in [2.24, 2.45) is 0 Å². The topological polar surface area (TPSA) is 26.3 Å². The van der Waals surface area contributed by atoms with E-state index in [1.165, 1.54) is 6.92 Å². The predicted octanol–water partition coefficient (Wildman–Crippen LogP) is 2.69. The van der Waals surface area contributed by atoms with Crippen LogP contribution in [0.3, 0.4) is 0 Å². The van der Waals surface area contributed by atoms with Crippen LogP contribution in [-0.2, 0) is 9.08 Å². The summed E-state index contributed by atoms with van der Waals surface area (Å²) >= 11 is 19.5. The van der Waals surface area contributed by atoms with Crippen molar-refractivity contribution in [2.75, 3.05) is 0 Å². The third-order valence-corrected chi connectivity index (χ3v) is 0.109. The quantitative estimate of drug-likeness (QED) is 0.495. The lowest BCUT2D eigenvalue weighted by Gasteiger charge is -1.94. The molecule has 0 atom stereocenters. The Kier molecular flexibility index (Phi) is 9.23. The zero-order chi connectivity index (χ0) is 7.91. The van der Waals surface area contributed by atoms with E-state index in [0.717, 1.165) is 0 Å². The lowest BCUT2D eigenvalue weighted by atomic mass is 10.9. The van der Waals surface area contributed by atoms with Gasteiger partial charge in [-0.05, 0) is 6.92 Å². The fourth-order valence-corrected chi connectivity index (χ4v) is 0. The van der Waals surface area contributed by atoms with Crippen LogP contribution < -0.4 is 0 Å². The molecule has 0 N–H and O–H groups in total. The van der Waals surface area contributed by atoms with Crippen LogP contribution in [0, 0.1) is 0 Å². The maximum absolute atomic E-state index is 8.82. The highest BCUT2D eigenvalue weighted by Crippen LogP contribution is 2.23. The van der Waals surface area contributed by atoms with Crippen LogP contribution in [0.2, 0.25) is 0 Å². The first-order chi connectivity index (χ1) is 3.91. The van der Waals surface area contributed by atoms with Gasteiger partial charge < -0.3 is 4.29 Å². The Balaban J connectivity index is 0. The van der Waals surface area contributed by atoms with E-state index in [0.29, 0.717) is 0 Å². The fraction of sp³-hybridized carbons (Fsp3) is 0.667. The number of hydrogen-bond donors (Lipinski definition) is 0. The summed E-state index contributed by atoms with van der Waals surface area (Å²) in [5.41, 5.74) is 0. The molecule has 0 rings (SSSR count). The molecule has 0 spiro atoms. The number of alkyl halides is 3. The van der Waals surface area contributed by atoms with E-state index in [-0.39, 0.29) is 6.47 Å². The molecule has 6 heteroatoms. The summed E-state index contributed by atoms with van der Waals surface area (Å²) in [5.74, 6) is 0. The normalized spacial score (nSPS) is 9.00. The largest absolute Gasteiger partial charge is 0.350 e. The highest BCUT2D eigenvalue weighted by atomic mass is 35.6. The van der Waals surface area contributed by atoms with Crippen LogP contribution in [0.25, 0.3) is 0 Å². The van der Waals surface area contributed by atoms with Crippen molar-refractivity contribution in [1.29, 1.82) is 0 Å². The van der Waals surface area contributed by atoms with Gasteiger partial charge in [-0.25, -0.2) is 0 Å². The smallest absolute Gasteiger partial charge is 0.312 e. The predicted molar refractivity (Wildman–Crippen MR) is 39.0 cm³/mol. The van der Waals surface area contributed by atoms with E-state index in [1.807, 2.05) is 0 Å². The Labute approximate surface area is 73.1 Å². The van der Waals surface area contributed by atoms with Crippen LogP contribution in [0.1, 0.15) is 6.92 Å². The molecule has 56 valence electrons. The van der Waals surface area contributed by atoms with Crippen molar-refractivity contribution in [3.05, 3.63) is 0 Å². The van der Waals surface area contributed by atoms with Gasteiger partial charge in [-0.15, -0.1) is 0 Å². The highest BCUT2D eigenvalue weighted by Gasteiger charge is 2.07. The molecule has 0 bridgehead atoms. The molecule has 0 heterocycles. The second-order valence-electron chi connectivity index (χ2n) is 0.967. The molecule has 0 aromatic heterocycles. The van der Waals surface area contributed by atoms with Gasteiger partial charge in [-0.1, -0.05) is 34.8 Å². The highest BCUT2D eigenvalue weighted by molar-refractivity contribution is 6.67. The summed E-state index contributed by atoms with van der Waals surface area (Å²) in [4.78, 5) is 8.82. The third kappa shape index (κ3) is 143. The Morgan fingerprint density at radius 3 is 1.56 bits per heavy atom. The first kappa shape index (κ1) is 12.3. The molecule has 0 fully saturated rings. The minimum absolute atomic E-state index is 0.140. The second kappa shape index (κ2) is 6.75. The van der Waals surface area contributed by atoms with Crippen molar-refractivity contribution in [2.45, 2.75) is 10.7 Å². The monoisotopic (exact) mass is 212 g/mol. The summed E-state index contributed by atoms with van der Waals surface area (Å²) in [6.45, 7) is 1.62. The zero-order valence-corrected chi connectivity index (χ0v) is 7.43. The van der Waals surface area contributed by atoms with E-state index in [9.17, 15) is 0 Å². The van der Waals surface area contributed by atoms with Gasteiger partial charge >= 0.3 is 6.47 Å². The molecule has 0 saturated carbocycles. The Morgan fingerprint density at radius 2 is 1.56 bits per heavy atom. The minimum Gasteiger partial charge on any atom is -0.350 e. The standard InChI is InChI=1S/C2H3Cl3.CHClO2/c1-2(3,4)5;2-4-1-3/h1H3;1H. The van der Waals surface area contributed by atoms with Gasteiger partial charge in [-0.2, -0.15) is 0 Å². The van der Waals surface area contributed by atoms with E-state index >= 15 is 0 Å². The van der Waals surface area contributed by atoms with E-state index < -0.39 is 3.79 Å². The molecule has 0 unspecified atom stereocenters. The number of carbonyl (C=O) groups excluding carboxylic acids is 1. The van der Waals surface area contributed by atoms with Gasteiger partial charge in [0.1, 0.15) is 11.9 Å². The molecule has 9 heavy (non-hydrogen) atoms. The maximum atomic E-state index is 8.82. The SMILES string of the molecule is CC(Cl)(Cl)Cl.O=COCl. The van der Waals surface area contributed by atoms with Crippen molar-refractivity contribution < 1.29 is 9.08 Å². The van der Waals surface area contributed by atoms with Crippen LogP contribution in [0.4, 0.5) is 0 Å². The lowest BCUT2D eigenvalue weighted by Crippen LogP contribution is -1.87. The summed E-state index contributed by atoms with van der Waals surface area (Å²) in [6, 6.07) is 0. The van der Waals surface area contributed by atoms with Gasteiger partial charge in [0.25, 0.3) is 0 Å². The number of rotatable bonds is 1. The average molecular weight is 214 g/mol. The molecule has 0 radical (unpaired) electrons. The van der Waals surface area contributed by atoms with Crippen LogP contribution in [0.5, 0.6) is 0 Å². The van der Waals surface area contributed by atoms with E-state index in [4.69, 9.17) is 39.6 Å². The molecule has 0 aliphatic carbocycles. The molecule has 0 saturated heterocycles. The molecule has 0 aromatic rings. The molecule has 0 aliphatic heterocycles. The molecule has 2 nitrogen and oxygen atoms in total. The number of hydrogen-bond acceptors (Lipinski definition) is 2. The lowest BCUT2D eigenvalue weighted by molar-refractivity contribution is -0.120. The van der Waals surface area contributed by atoms with E-state index in [2.05, 4.69) is 16.2 Å². The van der Waals surface area contributed by atoms with Crippen molar-refractivity contribution in [3.8, 4) is 0 Å². The fourth-order valence-electron chi connectivity index (χ4n) is 0. The van der Waals surface area contributed by atoms with Crippen molar-refractivity contribution in [1.82, 2.24) is 0 Å². The number of halogens is 4. The first-order valence-corrected chi connectivity index (χ1v) is 3.14. The summed E-state index contributed by atoms with van der Waals surface area (Å²) in [6.07, 6.45) is 0. The maximum Gasteiger partial charge on any atom is 0.312 e. The van der Waals surface area contributed by atoms with Crippen molar-refractivity contribution >= 4 is 53.1 Å². The summed E-state index contributed by atoms with van der Waals surface area (Å²) < 4.78 is 2.25. The first-order valence-electron chi connectivity index (χ1n) is 1.69. The van der Waals surface area contributed by atoms with Crippen LogP contribution in [0.15, 0.2) is 0 Å². The molecule has 0 aliphatic rings. The minimum atomic E-state index is -1.08. The Hall–Kier alpha value is 0.630. The van der Waals surface area contributed by atoms with Crippen LogP contribution >= 0.6 is 46.7 Å². The molecular weight excluding hydrogens is 210 g/mol. The molecule has 0 aromatic carbocycles. The summed E-state index contributed by atoms with van der Waals surface area (Å²) in [7, 11) is 0. The number of carbonyl (C=O) groups is 1.